The fourth-order valence-corrected chi connectivity index (χ4v) is 4.94. The second-order valence-electron chi connectivity index (χ2n) is 8.32. The normalized spacial score (nSPS) is 23.4. The Morgan fingerprint density at radius 2 is 2.11 bits per heavy atom. The number of hydrogen-bond acceptors (Lipinski definition) is 4. The van der Waals surface area contributed by atoms with Crippen LogP contribution in [0.15, 0.2) is 42.6 Å². The molecule has 2 aliphatic rings. The topological polar surface area (TPSA) is 45.7 Å². The van der Waals surface area contributed by atoms with Gasteiger partial charge in [-0.3, -0.25) is 4.79 Å². The van der Waals surface area contributed by atoms with E-state index in [2.05, 4.69) is 23.7 Å². The van der Waals surface area contributed by atoms with Crippen LogP contribution in [0, 0.1) is 11.7 Å². The number of carbonyl (C=O) groups is 1. The Balaban J connectivity index is 1.54. The maximum atomic E-state index is 13.8. The molecule has 0 bridgehead atoms. The predicted molar refractivity (Wildman–Crippen MR) is 106 cm³/mol. The third-order valence-corrected chi connectivity index (χ3v) is 6.00. The van der Waals surface area contributed by atoms with Gasteiger partial charge in [0.05, 0.1) is 7.11 Å². The molecule has 2 saturated heterocycles. The fourth-order valence-electron chi connectivity index (χ4n) is 4.94. The van der Waals surface area contributed by atoms with Crippen LogP contribution in [0.25, 0.3) is 0 Å². The number of likely N-dealkylation sites (tertiary alicyclic amines) is 1. The molecule has 0 aliphatic carbocycles. The van der Waals surface area contributed by atoms with Gasteiger partial charge in [-0.2, -0.15) is 0 Å². The summed E-state index contributed by atoms with van der Waals surface area (Å²) in [5.41, 5.74) is 1.45. The van der Waals surface area contributed by atoms with Crippen molar-refractivity contribution in [1.82, 2.24) is 9.88 Å². The highest BCUT2D eigenvalue weighted by atomic mass is 19.1. The molecule has 6 heteroatoms. The number of benzene rings is 1. The molecular formula is C22H26FN3O2. The summed E-state index contributed by atoms with van der Waals surface area (Å²) in [7, 11) is 1.55. The van der Waals surface area contributed by atoms with Gasteiger partial charge >= 0.3 is 0 Å². The van der Waals surface area contributed by atoms with E-state index in [1.807, 2.05) is 11.0 Å². The molecule has 28 heavy (non-hydrogen) atoms. The molecule has 0 saturated carbocycles. The van der Waals surface area contributed by atoms with Gasteiger partial charge in [0.2, 0.25) is 5.88 Å². The predicted octanol–water partition coefficient (Wildman–Crippen LogP) is 3.75. The van der Waals surface area contributed by atoms with Crippen molar-refractivity contribution in [2.45, 2.75) is 38.3 Å². The zero-order valence-electron chi connectivity index (χ0n) is 16.6. The summed E-state index contributed by atoms with van der Waals surface area (Å²) in [5, 5.41) is 0. The largest absolute Gasteiger partial charge is 0.481 e. The lowest BCUT2D eigenvalue weighted by Crippen LogP contribution is -2.50. The van der Waals surface area contributed by atoms with Gasteiger partial charge in [-0.15, -0.1) is 0 Å². The third-order valence-electron chi connectivity index (χ3n) is 6.00. The number of hydrogen-bond donors (Lipinski definition) is 0. The SMILES string of the molecule is COc1cc(C(=O)N2CC[C@H]3[C@@H](C2)CC(C)(C)N3c2cccc(F)c2)ccn1. The van der Waals surface area contributed by atoms with E-state index < -0.39 is 0 Å². The highest BCUT2D eigenvalue weighted by molar-refractivity contribution is 5.94. The molecule has 0 N–H and O–H groups in total. The lowest BCUT2D eigenvalue weighted by atomic mass is 9.89. The monoisotopic (exact) mass is 383 g/mol. The summed E-state index contributed by atoms with van der Waals surface area (Å²) in [4.78, 5) is 21.4. The molecule has 0 radical (unpaired) electrons. The summed E-state index contributed by atoms with van der Waals surface area (Å²) in [6.45, 7) is 5.81. The van der Waals surface area contributed by atoms with Crippen molar-refractivity contribution in [3.8, 4) is 5.88 Å². The van der Waals surface area contributed by atoms with Crippen LogP contribution in [-0.4, -0.2) is 47.6 Å². The maximum absolute atomic E-state index is 13.8. The van der Waals surface area contributed by atoms with Crippen molar-refractivity contribution in [3.05, 3.63) is 54.0 Å². The van der Waals surface area contributed by atoms with E-state index in [-0.39, 0.29) is 17.3 Å². The Bertz CT molecular complexity index is 886. The molecule has 0 spiro atoms. The van der Waals surface area contributed by atoms with E-state index in [1.165, 1.54) is 6.07 Å². The molecular weight excluding hydrogens is 357 g/mol. The van der Waals surface area contributed by atoms with E-state index in [1.54, 1.807) is 37.6 Å². The van der Waals surface area contributed by atoms with Crippen molar-refractivity contribution < 1.29 is 13.9 Å². The van der Waals surface area contributed by atoms with Crippen LogP contribution in [0.5, 0.6) is 5.88 Å². The molecule has 2 aromatic rings. The van der Waals surface area contributed by atoms with E-state index in [0.29, 0.717) is 36.5 Å². The van der Waals surface area contributed by atoms with Crippen molar-refractivity contribution in [3.63, 3.8) is 0 Å². The number of carbonyl (C=O) groups excluding carboxylic acids is 1. The number of halogens is 1. The number of fused-ring (bicyclic) bond motifs is 1. The van der Waals surface area contributed by atoms with E-state index in [9.17, 15) is 9.18 Å². The minimum absolute atomic E-state index is 0.0150. The first-order valence-corrected chi connectivity index (χ1v) is 9.73. The second kappa shape index (κ2) is 7.08. The van der Waals surface area contributed by atoms with Gasteiger partial charge in [0, 0.05) is 48.2 Å². The Kier molecular flexibility index (Phi) is 4.73. The van der Waals surface area contributed by atoms with Gasteiger partial charge in [0.15, 0.2) is 0 Å². The summed E-state index contributed by atoms with van der Waals surface area (Å²) in [6, 6.07) is 10.6. The average molecular weight is 383 g/mol. The lowest BCUT2D eigenvalue weighted by Gasteiger charge is -2.42. The number of anilines is 1. The van der Waals surface area contributed by atoms with Gasteiger partial charge in [0.25, 0.3) is 5.91 Å². The summed E-state index contributed by atoms with van der Waals surface area (Å²) < 4.78 is 19.0. The van der Waals surface area contributed by atoms with Crippen molar-refractivity contribution in [2.24, 2.45) is 5.92 Å². The van der Waals surface area contributed by atoms with Crippen LogP contribution in [0.3, 0.4) is 0 Å². The smallest absolute Gasteiger partial charge is 0.254 e. The molecule has 2 fully saturated rings. The third kappa shape index (κ3) is 3.32. The molecule has 1 aromatic heterocycles. The Labute approximate surface area is 165 Å². The molecule has 0 unspecified atom stereocenters. The van der Waals surface area contributed by atoms with E-state index >= 15 is 0 Å². The van der Waals surface area contributed by atoms with Crippen LogP contribution in [0.1, 0.15) is 37.0 Å². The summed E-state index contributed by atoms with van der Waals surface area (Å²) >= 11 is 0. The average Bonchev–Trinajstić information content (AvgIpc) is 2.96. The van der Waals surface area contributed by atoms with Gasteiger partial charge in [-0.25, -0.2) is 9.37 Å². The molecule has 1 aromatic carbocycles. The van der Waals surface area contributed by atoms with Crippen molar-refractivity contribution in [2.75, 3.05) is 25.1 Å². The number of ether oxygens (including phenoxy) is 1. The van der Waals surface area contributed by atoms with Gasteiger partial charge in [-0.05, 0) is 56.9 Å². The first-order valence-electron chi connectivity index (χ1n) is 9.73. The number of nitrogens with zero attached hydrogens (tertiary/aromatic N) is 3. The highest BCUT2D eigenvalue weighted by Crippen LogP contribution is 2.44. The Morgan fingerprint density at radius 3 is 2.86 bits per heavy atom. The minimum atomic E-state index is -0.212. The number of amides is 1. The molecule has 4 rings (SSSR count). The number of pyridine rings is 1. The molecule has 1 amide bonds. The number of aromatic nitrogens is 1. The first kappa shape index (κ1) is 18.7. The maximum Gasteiger partial charge on any atom is 0.254 e. The van der Waals surface area contributed by atoms with Crippen LogP contribution < -0.4 is 9.64 Å². The molecule has 2 aliphatic heterocycles. The van der Waals surface area contributed by atoms with Gasteiger partial charge in [-0.1, -0.05) is 6.07 Å². The summed E-state index contributed by atoms with van der Waals surface area (Å²) in [5.74, 6) is 0.608. The highest BCUT2D eigenvalue weighted by Gasteiger charge is 2.48. The quantitative estimate of drug-likeness (QED) is 0.810. The van der Waals surface area contributed by atoms with Crippen LogP contribution in [0.4, 0.5) is 10.1 Å². The molecule has 2 atom stereocenters. The Hall–Kier alpha value is -2.63. The zero-order valence-corrected chi connectivity index (χ0v) is 16.6. The number of rotatable bonds is 3. The number of piperidine rings is 1. The first-order chi connectivity index (χ1) is 13.4. The number of methoxy groups -OCH3 is 1. The van der Waals surface area contributed by atoms with Gasteiger partial charge in [0.1, 0.15) is 5.82 Å². The molecule has 5 nitrogen and oxygen atoms in total. The second-order valence-corrected chi connectivity index (χ2v) is 8.32. The Morgan fingerprint density at radius 1 is 1.29 bits per heavy atom. The molecule has 3 heterocycles. The van der Waals surface area contributed by atoms with E-state index in [0.717, 1.165) is 18.5 Å². The van der Waals surface area contributed by atoms with E-state index in [4.69, 9.17) is 4.74 Å². The fraction of sp³-hybridized carbons (Fsp3) is 0.455. The lowest BCUT2D eigenvalue weighted by molar-refractivity contribution is 0.0667. The van der Waals surface area contributed by atoms with Crippen LogP contribution >= 0.6 is 0 Å². The van der Waals surface area contributed by atoms with Crippen LogP contribution in [-0.2, 0) is 0 Å². The van der Waals surface area contributed by atoms with Gasteiger partial charge < -0.3 is 14.5 Å². The van der Waals surface area contributed by atoms with Crippen LogP contribution in [0.2, 0.25) is 0 Å². The summed E-state index contributed by atoms with van der Waals surface area (Å²) in [6.07, 6.45) is 3.44. The van der Waals surface area contributed by atoms with Crippen molar-refractivity contribution >= 4 is 11.6 Å². The zero-order chi connectivity index (χ0) is 19.9. The molecule has 148 valence electrons. The minimum Gasteiger partial charge on any atom is -0.481 e. The standard InChI is InChI=1S/C22H26FN3O2/c1-22(2)13-16-14-25(21(27)15-7-9-24-20(11-15)28-3)10-8-19(16)26(22)18-6-4-5-17(23)12-18/h4-7,9,11-12,16,19H,8,10,13-14H2,1-3H3/t16-,19+/m1/s1. The van der Waals surface area contributed by atoms with Crippen molar-refractivity contribution in [1.29, 1.82) is 0 Å².